The second-order valence-electron chi connectivity index (χ2n) is 4.96. The molecule has 0 unspecified atom stereocenters. The highest BCUT2D eigenvalue weighted by Crippen LogP contribution is 2.15. The molecule has 0 fully saturated rings. The summed E-state index contributed by atoms with van der Waals surface area (Å²) in [6, 6.07) is 12.4. The molecule has 0 aliphatic carbocycles. The largest absolute Gasteiger partial charge is 0.489 e. The van der Waals surface area contributed by atoms with E-state index in [9.17, 15) is 0 Å². The van der Waals surface area contributed by atoms with Gasteiger partial charge in [-0.2, -0.15) is 0 Å². The summed E-state index contributed by atoms with van der Waals surface area (Å²) in [7, 11) is 0. The van der Waals surface area contributed by atoms with Gasteiger partial charge in [-0.1, -0.05) is 44.4 Å². The maximum atomic E-state index is 5.74. The molecule has 1 aromatic carbocycles. The molecule has 0 saturated heterocycles. The zero-order valence-corrected chi connectivity index (χ0v) is 11.9. The monoisotopic (exact) mass is 268 g/mol. The fourth-order valence-corrected chi connectivity index (χ4v) is 2.09. The van der Waals surface area contributed by atoms with E-state index < -0.39 is 0 Å². The van der Waals surface area contributed by atoms with Gasteiger partial charge in [0.05, 0.1) is 0 Å². The molecule has 105 valence electrons. The van der Waals surface area contributed by atoms with Crippen LogP contribution >= 0.6 is 0 Å². The predicted molar refractivity (Wildman–Crippen MR) is 82.5 cm³/mol. The molecule has 0 N–H and O–H groups in total. The smallest absolute Gasteiger partial charge is 0.119 e. The number of rotatable bonds is 8. The van der Waals surface area contributed by atoms with E-state index in [1.807, 2.05) is 30.5 Å². The number of hydrogen-bond donors (Lipinski definition) is 0. The Bertz CT molecular complexity index is 479. The van der Waals surface area contributed by atoms with Crippen LogP contribution in [0.3, 0.4) is 0 Å². The Labute approximate surface area is 121 Å². The lowest BCUT2D eigenvalue weighted by atomic mass is 10.1. The summed E-state index contributed by atoms with van der Waals surface area (Å²) in [4.78, 5) is 4.08. The standard InChI is InChI=1S/C18H22NO/c1-2-3-4-5-7-16-9-11-18(12-10-16)20-15-17-8-6-13-19-14-17/h6,8-14H,1-5,7,15H2. The van der Waals surface area contributed by atoms with E-state index in [-0.39, 0.29) is 0 Å². The van der Waals surface area contributed by atoms with Crippen molar-refractivity contribution in [3.8, 4) is 5.75 Å². The fraction of sp³-hybridized carbons (Fsp3) is 0.333. The van der Waals surface area contributed by atoms with Gasteiger partial charge in [-0.15, -0.1) is 0 Å². The maximum absolute atomic E-state index is 5.74. The molecule has 0 aliphatic heterocycles. The summed E-state index contributed by atoms with van der Waals surface area (Å²) in [5.41, 5.74) is 2.47. The van der Waals surface area contributed by atoms with Gasteiger partial charge in [0.2, 0.25) is 0 Å². The number of unbranched alkanes of at least 4 members (excludes halogenated alkanes) is 3. The molecular weight excluding hydrogens is 246 g/mol. The van der Waals surface area contributed by atoms with Gasteiger partial charge in [0.15, 0.2) is 0 Å². The normalized spacial score (nSPS) is 10.4. The van der Waals surface area contributed by atoms with Gasteiger partial charge < -0.3 is 4.74 Å². The molecule has 20 heavy (non-hydrogen) atoms. The maximum Gasteiger partial charge on any atom is 0.119 e. The van der Waals surface area contributed by atoms with Crippen LogP contribution in [0.15, 0.2) is 48.8 Å². The minimum absolute atomic E-state index is 0.566. The number of nitrogens with zero attached hydrogens (tertiary/aromatic N) is 1. The van der Waals surface area contributed by atoms with Crippen LogP contribution in [-0.4, -0.2) is 4.98 Å². The molecule has 2 aromatic rings. The number of hydrogen-bond acceptors (Lipinski definition) is 2. The van der Waals surface area contributed by atoms with Crippen LogP contribution in [0.2, 0.25) is 0 Å². The molecular formula is C18H22NO. The quantitative estimate of drug-likeness (QED) is 0.653. The lowest BCUT2D eigenvalue weighted by molar-refractivity contribution is 0.305. The predicted octanol–water partition coefficient (Wildman–Crippen LogP) is 4.60. The van der Waals surface area contributed by atoms with Gasteiger partial charge in [-0.3, -0.25) is 4.98 Å². The van der Waals surface area contributed by atoms with Gasteiger partial charge in [0, 0.05) is 18.0 Å². The van der Waals surface area contributed by atoms with Crippen LogP contribution in [0.4, 0.5) is 0 Å². The van der Waals surface area contributed by atoms with Crippen molar-refractivity contribution in [2.45, 2.75) is 38.7 Å². The highest BCUT2D eigenvalue weighted by Gasteiger charge is 1.97. The number of benzene rings is 1. The van der Waals surface area contributed by atoms with Gasteiger partial charge in [-0.25, -0.2) is 0 Å². The third kappa shape index (κ3) is 5.04. The topological polar surface area (TPSA) is 22.1 Å². The summed E-state index contributed by atoms with van der Waals surface area (Å²) in [6.07, 6.45) is 9.52. The van der Waals surface area contributed by atoms with E-state index in [0.717, 1.165) is 24.2 Å². The Morgan fingerprint density at radius 2 is 1.80 bits per heavy atom. The summed E-state index contributed by atoms with van der Waals surface area (Å²) in [5, 5.41) is 0. The fourth-order valence-electron chi connectivity index (χ4n) is 2.09. The Balaban J connectivity index is 1.76. The molecule has 1 heterocycles. The molecule has 0 spiro atoms. The first-order chi connectivity index (χ1) is 9.88. The molecule has 0 aliphatic rings. The first kappa shape index (κ1) is 14.6. The zero-order valence-electron chi connectivity index (χ0n) is 11.9. The number of pyridine rings is 1. The summed E-state index contributed by atoms with van der Waals surface area (Å²) >= 11 is 0. The average Bonchev–Trinajstić information content (AvgIpc) is 2.52. The van der Waals surface area contributed by atoms with E-state index in [4.69, 9.17) is 4.74 Å². The first-order valence-corrected chi connectivity index (χ1v) is 7.28. The lowest BCUT2D eigenvalue weighted by Crippen LogP contribution is -1.96. The first-order valence-electron chi connectivity index (χ1n) is 7.28. The third-order valence-electron chi connectivity index (χ3n) is 3.27. The number of aryl methyl sites for hydroxylation is 1. The Morgan fingerprint density at radius 3 is 2.50 bits per heavy atom. The Morgan fingerprint density at radius 1 is 0.950 bits per heavy atom. The molecule has 1 aromatic heterocycles. The number of ether oxygens (including phenoxy) is 1. The van der Waals surface area contributed by atoms with Crippen molar-refractivity contribution in [1.29, 1.82) is 0 Å². The third-order valence-corrected chi connectivity index (χ3v) is 3.27. The van der Waals surface area contributed by atoms with Crippen LogP contribution in [0.5, 0.6) is 5.75 Å². The summed E-state index contributed by atoms with van der Waals surface area (Å²) < 4.78 is 5.74. The van der Waals surface area contributed by atoms with Crippen molar-refractivity contribution >= 4 is 0 Å². The molecule has 1 radical (unpaired) electrons. The molecule has 0 amide bonds. The second-order valence-corrected chi connectivity index (χ2v) is 4.96. The highest BCUT2D eigenvalue weighted by molar-refractivity contribution is 5.27. The van der Waals surface area contributed by atoms with E-state index in [2.05, 4.69) is 24.0 Å². The van der Waals surface area contributed by atoms with Crippen LogP contribution in [0.25, 0.3) is 0 Å². The van der Waals surface area contributed by atoms with E-state index >= 15 is 0 Å². The molecule has 2 rings (SSSR count). The van der Waals surface area contributed by atoms with Gasteiger partial charge in [0.25, 0.3) is 0 Å². The second kappa shape index (κ2) is 8.36. The molecule has 2 nitrogen and oxygen atoms in total. The highest BCUT2D eigenvalue weighted by atomic mass is 16.5. The van der Waals surface area contributed by atoms with Crippen molar-refractivity contribution < 1.29 is 4.74 Å². The summed E-state index contributed by atoms with van der Waals surface area (Å²) in [5.74, 6) is 0.912. The van der Waals surface area contributed by atoms with Crippen molar-refractivity contribution in [2.24, 2.45) is 0 Å². The van der Waals surface area contributed by atoms with Crippen molar-refractivity contribution in [3.05, 3.63) is 66.8 Å². The minimum atomic E-state index is 0.566. The van der Waals surface area contributed by atoms with Crippen molar-refractivity contribution in [2.75, 3.05) is 0 Å². The lowest BCUT2D eigenvalue weighted by Gasteiger charge is -2.07. The van der Waals surface area contributed by atoms with Crippen molar-refractivity contribution in [3.63, 3.8) is 0 Å². The van der Waals surface area contributed by atoms with Crippen LogP contribution in [0.1, 0.15) is 36.8 Å². The molecule has 0 bridgehead atoms. The zero-order chi connectivity index (χ0) is 14.0. The number of aromatic nitrogens is 1. The molecule has 2 heteroatoms. The summed E-state index contributed by atoms with van der Waals surface area (Å²) in [6.45, 7) is 4.43. The SMILES string of the molecule is [CH2]CCCCCc1ccc(OCc2cccnc2)cc1. The Hall–Kier alpha value is -1.83. The Kier molecular flexibility index (Phi) is 6.09. The average molecular weight is 268 g/mol. The minimum Gasteiger partial charge on any atom is -0.489 e. The van der Waals surface area contributed by atoms with Gasteiger partial charge in [0.1, 0.15) is 12.4 Å². The van der Waals surface area contributed by atoms with Crippen LogP contribution in [0, 0.1) is 6.92 Å². The van der Waals surface area contributed by atoms with E-state index in [1.165, 1.54) is 24.8 Å². The van der Waals surface area contributed by atoms with Gasteiger partial charge in [-0.05, 0) is 36.6 Å². The van der Waals surface area contributed by atoms with Crippen LogP contribution in [-0.2, 0) is 13.0 Å². The molecule has 0 saturated carbocycles. The van der Waals surface area contributed by atoms with Crippen LogP contribution < -0.4 is 4.74 Å². The van der Waals surface area contributed by atoms with Crippen molar-refractivity contribution in [1.82, 2.24) is 4.98 Å². The van der Waals surface area contributed by atoms with Gasteiger partial charge >= 0.3 is 0 Å². The molecule has 0 atom stereocenters. The van der Waals surface area contributed by atoms with E-state index in [1.54, 1.807) is 6.20 Å². The van der Waals surface area contributed by atoms with E-state index in [0.29, 0.717) is 6.61 Å².